The Morgan fingerprint density at radius 1 is 1.03 bits per heavy atom. The predicted molar refractivity (Wildman–Crippen MR) is 147 cm³/mol. The number of rotatable bonds is 8. The number of hydrogen-bond donors (Lipinski definition) is 1. The third kappa shape index (κ3) is 6.99. The smallest absolute Gasteiger partial charge is 0.282 e. The summed E-state index contributed by atoms with van der Waals surface area (Å²) in [5.41, 5.74) is 1.27. The Bertz CT molecular complexity index is 1340. The average Bonchev–Trinajstić information content (AvgIpc) is 2.91. The highest BCUT2D eigenvalue weighted by Crippen LogP contribution is 2.26. The Hall–Kier alpha value is -3.82. The summed E-state index contributed by atoms with van der Waals surface area (Å²) in [6.45, 7) is 5.80. The van der Waals surface area contributed by atoms with Gasteiger partial charge in [-0.2, -0.15) is 0 Å². The molecule has 3 aromatic rings. The highest BCUT2D eigenvalue weighted by atomic mass is 35.5. The third-order valence-electron chi connectivity index (χ3n) is 7.04. The van der Waals surface area contributed by atoms with Crippen LogP contribution in [0.4, 0.5) is 10.1 Å². The minimum atomic E-state index is -0.721. The van der Waals surface area contributed by atoms with Gasteiger partial charge >= 0.3 is 0 Å². The van der Waals surface area contributed by atoms with Crippen LogP contribution in [0.2, 0.25) is 5.02 Å². The van der Waals surface area contributed by atoms with Gasteiger partial charge in [-0.05, 0) is 55.3 Å². The number of carbonyl (C=O) groups is 2. The molecule has 2 amide bonds. The zero-order valence-electron chi connectivity index (χ0n) is 21.7. The summed E-state index contributed by atoms with van der Waals surface area (Å²) in [6.07, 6.45) is -0.0248. The lowest BCUT2D eigenvalue weighted by Gasteiger charge is -2.44. The van der Waals surface area contributed by atoms with E-state index in [1.807, 2.05) is 18.7 Å². The van der Waals surface area contributed by atoms with Crippen molar-refractivity contribution in [1.29, 1.82) is 0 Å². The second-order valence-corrected chi connectivity index (χ2v) is 10.3. The van der Waals surface area contributed by atoms with Gasteiger partial charge in [-0.3, -0.25) is 24.6 Å². The van der Waals surface area contributed by atoms with Gasteiger partial charge in [0.15, 0.2) is 0 Å². The van der Waals surface area contributed by atoms with Gasteiger partial charge in [0, 0.05) is 42.8 Å². The topological polar surface area (TPSA) is 95.8 Å². The lowest BCUT2D eigenvalue weighted by atomic mass is 10.00. The van der Waals surface area contributed by atoms with Gasteiger partial charge < -0.3 is 10.2 Å². The minimum absolute atomic E-state index is 0.0248. The fourth-order valence-corrected chi connectivity index (χ4v) is 5.02. The monoisotopic (exact) mass is 552 g/mol. The van der Waals surface area contributed by atoms with Crippen molar-refractivity contribution in [2.45, 2.75) is 44.9 Å². The van der Waals surface area contributed by atoms with Crippen LogP contribution in [0.3, 0.4) is 0 Å². The summed E-state index contributed by atoms with van der Waals surface area (Å²) in [5.74, 6) is -1.06. The van der Waals surface area contributed by atoms with E-state index in [4.69, 9.17) is 11.6 Å². The Morgan fingerprint density at radius 3 is 2.36 bits per heavy atom. The SMILES string of the molecule is C[C@@H]1CN(Cc2ccc(F)cc2)[C@@H](C)CN1C(=O)CC(NC(=O)c1ccccc1[N+](=O)[O-])c1ccc(Cl)cc1. The zero-order chi connectivity index (χ0) is 28.1. The molecule has 1 aliphatic rings. The number of amides is 2. The molecule has 1 unspecified atom stereocenters. The fourth-order valence-electron chi connectivity index (χ4n) is 4.89. The molecule has 1 aliphatic heterocycles. The standard InChI is InChI=1S/C29H30ClFN4O4/c1-19-17-34(20(2)16-33(19)18-21-7-13-24(31)14-8-21)28(36)15-26(22-9-11-23(30)12-10-22)32-29(37)25-5-3-4-6-27(25)35(38)39/h3-14,19-20,26H,15-18H2,1-2H3,(H,32,37)/t19-,20+,26?/m0/s1. The van der Waals surface area contributed by atoms with E-state index in [1.54, 1.807) is 42.5 Å². The van der Waals surface area contributed by atoms with Crippen LogP contribution in [-0.2, 0) is 11.3 Å². The van der Waals surface area contributed by atoms with E-state index < -0.39 is 16.9 Å². The van der Waals surface area contributed by atoms with Crippen molar-refractivity contribution >= 4 is 29.1 Å². The molecule has 3 atom stereocenters. The van der Waals surface area contributed by atoms with Crippen molar-refractivity contribution in [1.82, 2.24) is 15.1 Å². The second-order valence-electron chi connectivity index (χ2n) is 9.86. The number of nitro groups is 1. The van der Waals surface area contributed by atoms with Gasteiger partial charge in [0.1, 0.15) is 11.4 Å². The van der Waals surface area contributed by atoms with Crippen molar-refractivity contribution in [3.63, 3.8) is 0 Å². The summed E-state index contributed by atoms with van der Waals surface area (Å²) in [6, 6.07) is 18.2. The molecule has 10 heteroatoms. The summed E-state index contributed by atoms with van der Waals surface area (Å²) >= 11 is 6.05. The first-order valence-electron chi connectivity index (χ1n) is 12.7. The lowest BCUT2D eigenvalue weighted by Crippen LogP contribution is -2.58. The molecule has 3 aromatic carbocycles. The van der Waals surface area contributed by atoms with E-state index in [-0.39, 0.29) is 41.5 Å². The summed E-state index contributed by atoms with van der Waals surface area (Å²) in [4.78, 5) is 41.6. The molecule has 1 saturated heterocycles. The number of hydrogen-bond acceptors (Lipinski definition) is 5. The van der Waals surface area contributed by atoms with Crippen LogP contribution in [0.5, 0.6) is 0 Å². The van der Waals surface area contributed by atoms with E-state index in [0.29, 0.717) is 30.2 Å². The number of carbonyl (C=O) groups excluding carboxylic acids is 2. The van der Waals surface area contributed by atoms with Crippen LogP contribution in [-0.4, -0.2) is 51.7 Å². The van der Waals surface area contributed by atoms with Crippen molar-refractivity contribution < 1.29 is 18.9 Å². The van der Waals surface area contributed by atoms with Crippen LogP contribution < -0.4 is 5.32 Å². The normalized spacial score (nSPS) is 18.4. The first kappa shape index (κ1) is 28.2. The molecule has 1 fully saturated rings. The van der Waals surface area contributed by atoms with E-state index in [9.17, 15) is 24.1 Å². The van der Waals surface area contributed by atoms with Gasteiger partial charge in [-0.25, -0.2) is 4.39 Å². The van der Waals surface area contributed by atoms with Crippen molar-refractivity contribution in [3.05, 3.63) is 110 Å². The maximum Gasteiger partial charge on any atom is 0.282 e. The van der Waals surface area contributed by atoms with Gasteiger partial charge in [0.2, 0.25) is 5.91 Å². The maximum atomic E-state index is 13.6. The Labute approximate surface area is 231 Å². The molecule has 204 valence electrons. The molecule has 39 heavy (non-hydrogen) atoms. The maximum absolute atomic E-state index is 13.6. The number of nitrogens with one attached hydrogen (secondary N) is 1. The molecule has 8 nitrogen and oxygen atoms in total. The second kappa shape index (κ2) is 12.4. The quantitative estimate of drug-likeness (QED) is 0.299. The number of nitrogens with zero attached hydrogens (tertiary/aromatic N) is 3. The molecule has 0 bridgehead atoms. The predicted octanol–water partition coefficient (Wildman–Crippen LogP) is 5.37. The molecule has 0 aromatic heterocycles. The molecule has 1 heterocycles. The van der Waals surface area contributed by atoms with Crippen LogP contribution in [0, 0.1) is 15.9 Å². The molecule has 4 rings (SSSR count). The largest absolute Gasteiger partial charge is 0.344 e. The fraction of sp³-hybridized carbons (Fsp3) is 0.310. The number of halogens is 2. The van der Waals surface area contributed by atoms with E-state index in [2.05, 4.69) is 10.2 Å². The Morgan fingerprint density at radius 2 is 1.69 bits per heavy atom. The van der Waals surface area contributed by atoms with Crippen LogP contribution in [0.25, 0.3) is 0 Å². The van der Waals surface area contributed by atoms with Gasteiger partial charge in [0.25, 0.3) is 11.6 Å². The van der Waals surface area contributed by atoms with Crippen molar-refractivity contribution in [2.75, 3.05) is 13.1 Å². The lowest BCUT2D eigenvalue weighted by molar-refractivity contribution is -0.385. The van der Waals surface area contributed by atoms with E-state index in [0.717, 1.165) is 5.56 Å². The number of benzene rings is 3. The van der Waals surface area contributed by atoms with E-state index >= 15 is 0 Å². The molecule has 0 aliphatic carbocycles. The molecule has 1 N–H and O–H groups in total. The molecule has 0 saturated carbocycles. The zero-order valence-corrected chi connectivity index (χ0v) is 22.5. The molecule has 0 spiro atoms. The van der Waals surface area contributed by atoms with Crippen molar-refractivity contribution in [2.24, 2.45) is 0 Å². The number of nitro benzene ring substituents is 1. The van der Waals surface area contributed by atoms with Gasteiger partial charge in [-0.1, -0.05) is 48.0 Å². The third-order valence-corrected chi connectivity index (χ3v) is 7.29. The Kier molecular flexibility index (Phi) is 8.93. The van der Waals surface area contributed by atoms with Gasteiger partial charge in [-0.15, -0.1) is 0 Å². The van der Waals surface area contributed by atoms with Crippen molar-refractivity contribution in [3.8, 4) is 0 Å². The van der Waals surface area contributed by atoms with E-state index in [1.165, 1.54) is 30.3 Å². The summed E-state index contributed by atoms with van der Waals surface area (Å²) in [7, 11) is 0. The highest BCUT2D eigenvalue weighted by Gasteiger charge is 2.33. The first-order chi connectivity index (χ1) is 18.6. The molecular weight excluding hydrogens is 523 g/mol. The van der Waals surface area contributed by atoms with Crippen LogP contribution in [0.1, 0.15) is 47.8 Å². The van der Waals surface area contributed by atoms with Crippen LogP contribution >= 0.6 is 11.6 Å². The highest BCUT2D eigenvalue weighted by molar-refractivity contribution is 6.30. The Balaban J connectivity index is 1.49. The number of para-hydroxylation sites is 1. The minimum Gasteiger partial charge on any atom is -0.344 e. The first-order valence-corrected chi connectivity index (χ1v) is 13.1. The number of piperazine rings is 1. The molecular formula is C29H30ClFN4O4. The average molecular weight is 553 g/mol. The molecule has 0 radical (unpaired) electrons. The summed E-state index contributed by atoms with van der Waals surface area (Å²) in [5, 5.41) is 14.8. The summed E-state index contributed by atoms with van der Waals surface area (Å²) < 4.78 is 13.3. The van der Waals surface area contributed by atoms with Crippen LogP contribution in [0.15, 0.2) is 72.8 Å². The van der Waals surface area contributed by atoms with Gasteiger partial charge in [0.05, 0.1) is 17.4 Å².